The third-order valence-corrected chi connectivity index (χ3v) is 5.38. The SMILES string of the molecule is C[C@@]1(c2cccc(Br)c2)NC(=O)N(Cc2cccc3ccccc23)C1=O. The largest absolute Gasteiger partial charge is 0.325 e. The van der Waals surface area contributed by atoms with Crippen molar-refractivity contribution in [1.82, 2.24) is 10.2 Å². The zero-order valence-electron chi connectivity index (χ0n) is 14.2. The fourth-order valence-electron chi connectivity index (χ4n) is 3.44. The Morgan fingerprint density at radius 3 is 2.54 bits per heavy atom. The van der Waals surface area contributed by atoms with Crippen LogP contribution >= 0.6 is 15.9 Å². The average Bonchev–Trinajstić information content (AvgIpc) is 2.86. The van der Waals surface area contributed by atoms with E-state index >= 15 is 0 Å². The van der Waals surface area contributed by atoms with Crippen LogP contribution in [0, 0.1) is 0 Å². The number of fused-ring (bicyclic) bond motifs is 1. The summed E-state index contributed by atoms with van der Waals surface area (Å²) in [5.41, 5.74) is 0.640. The first-order valence-electron chi connectivity index (χ1n) is 8.36. The van der Waals surface area contributed by atoms with Gasteiger partial charge in [0.15, 0.2) is 0 Å². The zero-order chi connectivity index (χ0) is 18.3. The van der Waals surface area contributed by atoms with Gasteiger partial charge in [-0.1, -0.05) is 70.5 Å². The van der Waals surface area contributed by atoms with E-state index in [4.69, 9.17) is 0 Å². The summed E-state index contributed by atoms with van der Waals surface area (Å²) < 4.78 is 0.866. The summed E-state index contributed by atoms with van der Waals surface area (Å²) >= 11 is 3.43. The Kier molecular flexibility index (Phi) is 4.04. The van der Waals surface area contributed by atoms with Crippen molar-refractivity contribution in [3.63, 3.8) is 0 Å². The summed E-state index contributed by atoms with van der Waals surface area (Å²) in [4.78, 5) is 27.0. The number of nitrogens with zero attached hydrogens (tertiary/aromatic N) is 1. The van der Waals surface area contributed by atoms with Crippen molar-refractivity contribution in [3.05, 3.63) is 82.3 Å². The number of carbonyl (C=O) groups excluding carboxylic acids is 2. The van der Waals surface area contributed by atoms with Gasteiger partial charge in [0.1, 0.15) is 5.54 Å². The van der Waals surface area contributed by atoms with Crippen molar-refractivity contribution in [3.8, 4) is 0 Å². The van der Waals surface area contributed by atoms with Crippen LogP contribution in [-0.2, 0) is 16.9 Å². The van der Waals surface area contributed by atoms with Crippen LogP contribution in [0.25, 0.3) is 10.8 Å². The molecule has 0 saturated carbocycles. The van der Waals surface area contributed by atoms with Crippen LogP contribution in [0.2, 0.25) is 0 Å². The number of amides is 3. The van der Waals surface area contributed by atoms with Gasteiger partial charge >= 0.3 is 6.03 Å². The van der Waals surface area contributed by atoms with Gasteiger partial charge < -0.3 is 5.32 Å². The maximum absolute atomic E-state index is 13.1. The highest BCUT2D eigenvalue weighted by atomic mass is 79.9. The van der Waals surface area contributed by atoms with Crippen molar-refractivity contribution in [2.24, 2.45) is 0 Å². The van der Waals surface area contributed by atoms with Gasteiger partial charge in [-0.3, -0.25) is 9.69 Å². The summed E-state index contributed by atoms with van der Waals surface area (Å²) in [7, 11) is 0. The van der Waals surface area contributed by atoms with Crippen LogP contribution in [0.5, 0.6) is 0 Å². The summed E-state index contributed by atoms with van der Waals surface area (Å²) in [5, 5.41) is 5.00. The van der Waals surface area contributed by atoms with Gasteiger partial charge in [-0.05, 0) is 41.0 Å². The summed E-state index contributed by atoms with van der Waals surface area (Å²) in [5.74, 6) is -0.242. The Labute approximate surface area is 159 Å². The quantitative estimate of drug-likeness (QED) is 0.645. The van der Waals surface area contributed by atoms with Crippen molar-refractivity contribution >= 4 is 38.6 Å². The Balaban J connectivity index is 1.70. The van der Waals surface area contributed by atoms with Crippen molar-refractivity contribution in [1.29, 1.82) is 0 Å². The van der Waals surface area contributed by atoms with E-state index in [-0.39, 0.29) is 18.5 Å². The number of imide groups is 1. The van der Waals surface area contributed by atoms with E-state index in [1.54, 1.807) is 6.92 Å². The molecular formula is C21H17BrN2O2. The molecule has 5 heteroatoms. The van der Waals surface area contributed by atoms with E-state index in [0.29, 0.717) is 0 Å². The Bertz CT molecular complexity index is 1030. The molecule has 1 N–H and O–H groups in total. The first-order valence-corrected chi connectivity index (χ1v) is 9.15. The van der Waals surface area contributed by atoms with E-state index in [1.165, 1.54) is 4.90 Å². The number of nitrogens with one attached hydrogen (secondary N) is 1. The lowest BCUT2D eigenvalue weighted by molar-refractivity contribution is -0.131. The number of hydrogen-bond acceptors (Lipinski definition) is 2. The minimum Gasteiger partial charge on any atom is -0.319 e. The molecule has 3 aromatic rings. The maximum atomic E-state index is 13.1. The lowest BCUT2D eigenvalue weighted by Crippen LogP contribution is -2.40. The second-order valence-corrected chi connectivity index (χ2v) is 7.51. The Hall–Kier alpha value is -2.66. The first-order chi connectivity index (χ1) is 12.5. The fourth-order valence-corrected chi connectivity index (χ4v) is 3.84. The van der Waals surface area contributed by atoms with Crippen molar-refractivity contribution < 1.29 is 9.59 Å². The monoisotopic (exact) mass is 408 g/mol. The van der Waals surface area contributed by atoms with Gasteiger partial charge in [-0.15, -0.1) is 0 Å². The van der Waals surface area contributed by atoms with Gasteiger partial charge in [-0.2, -0.15) is 0 Å². The molecule has 0 radical (unpaired) electrons. The highest BCUT2D eigenvalue weighted by Crippen LogP contribution is 2.32. The van der Waals surface area contributed by atoms with Gasteiger partial charge in [-0.25, -0.2) is 4.79 Å². The molecule has 0 spiro atoms. The molecule has 3 aromatic carbocycles. The highest BCUT2D eigenvalue weighted by Gasteiger charge is 2.48. The van der Waals surface area contributed by atoms with Gasteiger partial charge in [0, 0.05) is 4.47 Å². The third-order valence-electron chi connectivity index (χ3n) is 4.89. The second-order valence-electron chi connectivity index (χ2n) is 6.60. The predicted molar refractivity (Wildman–Crippen MR) is 105 cm³/mol. The summed E-state index contributed by atoms with van der Waals surface area (Å²) in [6, 6.07) is 21.0. The fraction of sp³-hybridized carbons (Fsp3) is 0.143. The van der Waals surface area contributed by atoms with Crippen LogP contribution in [0.1, 0.15) is 18.1 Å². The smallest absolute Gasteiger partial charge is 0.319 e. The molecule has 4 rings (SSSR count). The Morgan fingerprint density at radius 2 is 1.73 bits per heavy atom. The molecule has 1 aliphatic rings. The number of carbonyl (C=O) groups is 2. The summed E-state index contributed by atoms with van der Waals surface area (Å²) in [6.07, 6.45) is 0. The average molecular weight is 409 g/mol. The van der Waals surface area contributed by atoms with Crippen LogP contribution in [0.15, 0.2) is 71.2 Å². The molecule has 1 saturated heterocycles. The number of hydrogen-bond donors (Lipinski definition) is 1. The molecule has 26 heavy (non-hydrogen) atoms. The molecule has 1 fully saturated rings. The Morgan fingerprint density at radius 1 is 1.00 bits per heavy atom. The summed E-state index contributed by atoms with van der Waals surface area (Å²) in [6.45, 7) is 1.99. The molecule has 1 aliphatic heterocycles. The number of urea groups is 1. The van der Waals surface area contributed by atoms with Gasteiger partial charge in [0.25, 0.3) is 5.91 Å². The van der Waals surface area contributed by atoms with E-state index in [2.05, 4.69) is 21.2 Å². The van der Waals surface area contributed by atoms with E-state index < -0.39 is 5.54 Å². The molecule has 3 amide bonds. The third kappa shape index (κ3) is 2.69. The number of benzene rings is 3. The highest BCUT2D eigenvalue weighted by molar-refractivity contribution is 9.10. The van der Waals surface area contributed by atoms with E-state index in [1.807, 2.05) is 66.7 Å². The lowest BCUT2D eigenvalue weighted by Gasteiger charge is -2.22. The van der Waals surface area contributed by atoms with Gasteiger partial charge in [0.05, 0.1) is 6.54 Å². The molecule has 1 heterocycles. The van der Waals surface area contributed by atoms with Crippen molar-refractivity contribution in [2.75, 3.05) is 0 Å². The van der Waals surface area contributed by atoms with Crippen LogP contribution < -0.4 is 5.32 Å². The first kappa shape index (κ1) is 16.8. The standard InChI is InChI=1S/C21H17BrN2O2/c1-21(16-9-5-10-17(22)12-16)19(25)24(20(26)23-21)13-15-8-4-7-14-6-2-3-11-18(14)15/h2-12H,13H2,1H3,(H,23,26)/t21-/m0/s1. The van der Waals surface area contributed by atoms with E-state index in [9.17, 15) is 9.59 Å². The lowest BCUT2D eigenvalue weighted by atomic mass is 9.92. The minimum atomic E-state index is -1.06. The number of rotatable bonds is 3. The normalized spacial score (nSPS) is 19.8. The van der Waals surface area contributed by atoms with Crippen LogP contribution in [0.3, 0.4) is 0 Å². The molecule has 0 bridgehead atoms. The van der Waals surface area contributed by atoms with Crippen LogP contribution in [0.4, 0.5) is 4.79 Å². The molecule has 0 unspecified atom stereocenters. The van der Waals surface area contributed by atoms with E-state index in [0.717, 1.165) is 26.4 Å². The molecular weight excluding hydrogens is 392 g/mol. The molecule has 4 nitrogen and oxygen atoms in total. The molecule has 1 atom stereocenters. The van der Waals surface area contributed by atoms with Crippen LogP contribution in [-0.4, -0.2) is 16.8 Å². The van der Waals surface area contributed by atoms with Gasteiger partial charge in [0.2, 0.25) is 0 Å². The van der Waals surface area contributed by atoms with Crippen molar-refractivity contribution in [2.45, 2.75) is 19.0 Å². The predicted octanol–water partition coefficient (Wildman–Crippen LogP) is 4.57. The molecule has 0 aromatic heterocycles. The second kappa shape index (κ2) is 6.25. The zero-order valence-corrected chi connectivity index (χ0v) is 15.8. The minimum absolute atomic E-state index is 0.242. The maximum Gasteiger partial charge on any atom is 0.325 e. The molecule has 0 aliphatic carbocycles. The number of halogens is 1. The topological polar surface area (TPSA) is 49.4 Å². The molecule has 130 valence electrons.